The van der Waals surface area contributed by atoms with Gasteiger partial charge in [0.1, 0.15) is 11.6 Å². The van der Waals surface area contributed by atoms with Crippen molar-refractivity contribution in [2.45, 2.75) is 32.6 Å². The average Bonchev–Trinajstić information content (AvgIpc) is 3.15. The summed E-state index contributed by atoms with van der Waals surface area (Å²) in [6, 6.07) is 12.7. The first-order valence-electron chi connectivity index (χ1n) is 9.66. The predicted molar refractivity (Wildman–Crippen MR) is 112 cm³/mol. The van der Waals surface area contributed by atoms with Crippen LogP contribution < -0.4 is 5.32 Å². The normalized spacial score (nSPS) is 13.5. The third-order valence-electron chi connectivity index (χ3n) is 5.25. The Bertz CT molecular complexity index is 1220. The van der Waals surface area contributed by atoms with E-state index in [9.17, 15) is 4.39 Å². The first-order valence-corrected chi connectivity index (χ1v) is 10.0. The summed E-state index contributed by atoms with van der Waals surface area (Å²) in [5.74, 6) is 1.55. The van der Waals surface area contributed by atoms with Gasteiger partial charge in [0.2, 0.25) is 0 Å². The predicted octanol–water partition coefficient (Wildman–Crippen LogP) is 5.51. The maximum absolute atomic E-state index is 13.6. The summed E-state index contributed by atoms with van der Waals surface area (Å²) in [4.78, 5) is 9.45. The minimum atomic E-state index is -0.443. The molecule has 0 fully saturated rings. The zero-order chi connectivity index (χ0) is 20.0. The minimum Gasteiger partial charge on any atom is -0.340 e. The maximum atomic E-state index is 13.6. The van der Waals surface area contributed by atoms with E-state index in [1.807, 2.05) is 31.2 Å². The Hall–Kier alpha value is -2.99. The van der Waals surface area contributed by atoms with Gasteiger partial charge in [0.25, 0.3) is 5.78 Å². The van der Waals surface area contributed by atoms with Gasteiger partial charge in [0, 0.05) is 16.8 Å². The molecule has 1 aliphatic carbocycles. The lowest BCUT2D eigenvalue weighted by Crippen LogP contribution is -2.13. The van der Waals surface area contributed by atoms with Gasteiger partial charge in [-0.3, -0.25) is 0 Å². The highest BCUT2D eigenvalue weighted by Crippen LogP contribution is 2.31. The second kappa shape index (κ2) is 7.12. The zero-order valence-electron chi connectivity index (χ0n) is 15.9. The van der Waals surface area contributed by atoms with Crippen LogP contribution in [0.3, 0.4) is 0 Å². The van der Waals surface area contributed by atoms with Crippen LogP contribution in [0.15, 0.2) is 42.5 Å². The lowest BCUT2D eigenvalue weighted by atomic mass is 9.96. The van der Waals surface area contributed by atoms with Crippen LogP contribution in [0, 0.1) is 12.7 Å². The Morgan fingerprint density at radius 3 is 2.62 bits per heavy atom. The molecule has 1 N–H and O–H groups in total. The van der Waals surface area contributed by atoms with Gasteiger partial charge in [0.15, 0.2) is 5.82 Å². The standard InChI is InChI=1S/C22H19ClFN5/c1-13-6-8-14(9-7-13)20-27-22-26-19-5-3-2-4-16(19)21(29(22)28-20)25-15-10-11-18(24)17(23)12-15/h6-12,25H,2-5H2,1H3. The van der Waals surface area contributed by atoms with E-state index in [4.69, 9.17) is 21.7 Å². The highest BCUT2D eigenvalue weighted by Gasteiger charge is 2.21. The molecule has 0 saturated carbocycles. The number of halogens is 2. The SMILES string of the molecule is Cc1ccc(-c2nc3nc4c(c(Nc5ccc(F)c(Cl)c5)n3n2)CCCC4)cc1. The van der Waals surface area contributed by atoms with Crippen molar-refractivity contribution >= 4 is 28.9 Å². The van der Waals surface area contributed by atoms with Gasteiger partial charge in [-0.25, -0.2) is 9.37 Å². The Kier molecular flexibility index (Phi) is 4.43. The summed E-state index contributed by atoms with van der Waals surface area (Å²) in [5, 5.41) is 8.19. The van der Waals surface area contributed by atoms with E-state index in [1.165, 1.54) is 11.6 Å². The fourth-order valence-corrected chi connectivity index (χ4v) is 3.89. The third kappa shape index (κ3) is 3.34. The van der Waals surface area contributed by atoms with Crippen LogP contribution in [-0.4, -0.2) is 19.6 Å². The quantitative estimate of drug-likeness (QED) is 0.486. The molecule has 0 spiro atoms. The fraction of sp³-hybridized carbons (Fsp3) is 0.227. The van der Waals surface area contributed by atoms with Gasteiger partial charge < -0.3 is 5.32 Å². The van der Waals surface area contributed by atoms with Crippen molar-refractivity contribution in [3.05, 3.63) is 70.1 Å². The number of nitrogens with one attached hydrogen (secondary N) is 1. The number of fused-ring (bicyclic) bond motifs is 2. The van der Waals surface area contributed by atoms with Gasteiger partial charge in [-0.2, -0.15) is 9.50 Å². The van der Waals surface area contributed by atoms with Gasteiger partial charge in [0.05, 0.1) is 10.7 Å². The monoisotopic (exact) mass is 407 g/mol. The molecule has 0 aliphatic heterocycles. The second-order valence-electron chi connectivity index (χ2n) is 7.36. The van der Waals surface area contributed by atoms with Crippen molar-refractivity contribution in [2.24, 2.45) is 0 Å². The molecular formula is C22H19ClFN5. The lowest BCUT2D eigenvalue weighted by molar-refractivity contribution is 0.628. The van der Waals surface area contributed by atoms with Crippen molar-refractivity contribution in [1.82, 2.24) is 19.6 Å². The molecule has 5 rings (SSSR count). The van der Waals surface area contributed by atoms with Crippen molar-refractivity contribution in [3.63, 3.8) is 0 Å². The molecule has 0 unspecified atom stereocenters. The van der Waals surface area contributed by atoms with Crippen molar-refractivity contribution in [1.29, 1.82) is 0 Å². The number of anilines is 2. The molecule has 29 heavy (non-hydrogen) atoms. The molecule has 5 nitrogen and oxygen atoms in total. The molecule has 2 aromatic carbocycles. The number of aryl methyl sites for hydroxylation is 2. The van der Waals surface area contributed by atoms with Gasteiger partial charge in [-0.1, -0.05) is 41.4 Å². The van der Waals surface area contributed by atoms with E-state index in [1.54, 1.807) is 16.6 Å². The Morgan fingerprint density at radius 2 is 1.83 bits per heavy atom. The van der Waals surface area contributed by atoms with Gasteiger partial charge >= 0.3 is 0 Å². The van der Waals surface area contributed by atoms with E-state index in [-0.39, 0.29) is 5.02 Å². The van der Waals surface area contributed by atoms with Crippen molar-refractivity contribution < 1.29 is 4.39 Å². The zero-order valence-corrected chi connectivity index (χ0v) is 16.7. The van der Waals surface area contributed by atoms with E-state index >= 15 is 0 Å². The molecule has 0 atom stereocenters. The Labute approximate surface area is 172 Å². The second-order valence-corrected chi connectivity index (χ2v) is 7.77. The molecule has 0 amide bonds. The number of aromatic nitrogens is 4. The third-order valence-corrected chi connectivity index (χ3v) is 5.54. The molecule has 0 saturated heterocycles. The summed E-state index contributed by atoms with van der Waals surface area (Å²) >= 11 is 5.98. The van der Waals surface area contributed by atoms with Crippen molar-refractivity contribution in [3.8, 4) is 11.4 Å². The summed E-state index contributed by atoms with van der Waals surface area (Å²) in [7, 11) is 0. The molecule has 7 heteroatoms. The molecule has 146 valence electrons. The molecular weight excluding hydrogens is 389 g/mol. The van der Waals surface area contributed by atoms with Gasteiger partial charge in [-0.15, -0.1) is 5.10 Å². The van der Waals surface area contributed by atoms with Crippen LogP contribution >= 0.6 is 11.6 Å². The minimum absolute atomic E-state index is 0.0769. The van der Waals surface area contributed by atoms with Crippen LogP contribution in [0.4, 0.5) is 15.9 Å². The topological polar surface area (TPSA) is 55.1 Å². The summed E-state index contributed by atoms with van der Waals surface area (Å²) in [5.41, 5.74) is 4.99. The number of hydrogen-bond donors (Lipinski definition) is 1. The van der Waals surface area contributed by atoms with Crippen LogP contribution in [-0.2, 0) is 12.8 Å². The molecule has 0 radical (unpaired) electrons. The lowest BCUT2D eigenvalue weighted by Gasteiger charge is -2.20. The average molecular weight is 408 g/mol. The number of rotatable bonds is 3. The highest BCUT2D eigenvalue weighted by molar-refractivity contribution is 6.31. The van der Waals surface area contributed by atoms with Crippen LogP contribution in [0.2, 0.25) is 5.02 Å². The first kappa shape index (κ1) is 18.1. The summed E-state index contributed by atoms with van der Waals surface area (Å²) in [6.07, 6.45) is 4.03. The number of nitrogens with zero attached hydrogens (tertiary/aromatic N) is 4. The first-order chi connectivity index (χ1) is 14.1. The van der Waals surface area contributed by atoms with Crippen LogP contribution in [0.25, 0.3) is 17.2 Å². The maximum Gasteiger partial charge on any atom is 0.254 e. The molecule has 1 aliphatic rings. The van der Waals surface area contributed by atoms with E-state index < -0.39 is 5.82 Å². The smallest absolute Gasteiger partial charge is 0.254 e. The van der Waals surface area contributed by atoms with Crippen LogP contribution in [0.5, 0.6) is 0 Å². The highest BCUT2D eigenvalue weighted by atomic mass is 35.5. The molecule has 4 aromatic rings. The summed E-state index contributed by atoms with van der Waals surface area (Å²) in [6.45, 7) is 2.05. The summed E-state index contributed by atoms with van der Waals surface area (Å²) < 4.78 is 15.3. The van der Waals surface area contributed by atoms with E-state index in [0.717, 1.165) is 48.3 Å². The van der Waals surface area contributed by atoms with Gasteiger partial charge in [-0.05, 0) is 50.8 Å². The van der Waals surface area contributed by atoms with E-state index in [2.05, 4.69) is 10.3 Å². The van der Waals surface area contributed by atoms with E-state index in [0.29, 0.717) is 17.3 Å². The molecule has 0 bridgehead atoms. The largest absolute Gasteiger partial charge is 0.340 e. The molecule has 2 aromatic heterocycles. The Morgan fingerprint density at radius 1 is 1.03 bits per heavy atom. The van der Waals surface area contributed by atoms with Crippen LogP contribution in [0.1, 0.15) is 29.7 Å². The number of hydrogen-bond acceptors (Lipinski definition) is 4. The van der Waals surface area contributed by atoms with Crippen molar-refractivity contribution in [2.75, 3.05) is 5.32 Å². The molecule has 2 heterocycles. The Balaban J connectivity index is 1.67. The fourth-order valence-electron chi connectivity index (χ4n) is 3.71. The number of benzene rings is 2.